The molecule has 1 heterocycles. The molecule has 4 nitrogen and oxygen atoms in total. The predicted molar refractivity (Wildman–Crippen MR) is 88.5 cm³/mol. The van der Waals surface area contributed by atoms with Crippen LogP contribution >= 0.6 is 11.6 Å². The second-order valence-electron chi connectivity index (χ2n) is 5.84. The van der Waals surface area contributed by atoms with E-state index >= 15 is 0 Å². The summed E-state index contributed by atoms with van der Waals surface area (Å²) in [5.74, 6) is 1.08. The lowest BCUT2D eigenvalue weighted by molar-refractivity contribution is 0.125. The van der Waals surface area contributed by atoms with Gasteiger partial charge in [-0.25, -0.2) is 0 Å². The van der Waals surface area contributed by atoms with Gasteiger partial charge in [0.05, 0.1) is 5.69 Å². The third-order valence-electron chi connectivity index (χ3n) is 2.82. The highest BCUT2D eigenvalue weighted by Crippen LogP contribution is 2.29. The molecule has 0 aliphatic carbocycles. The Hall–Kier alpha value is -1.94. The predicted octanol–water partition coefficient (Wildman–Crippen LogP) is 4.55. The van der Waals surface area contributed by atoms with Gasteiger partial charge in [-0.1, -0.05) is 17.7 Å². The lowest BCUT2D eigenvalue weighted by Gasteiger charge is -2.22. The molecule has 0 bridgehead atoms. The summed E-state index contributed by atoms with van der Waals surface area (Å²) in [6.07, 6.45) is 0. The Bertz CT molecular complexity index is 650. The Morgan fingerprint density at radius 3 is 2.57 bits per heavy atom. The van der Waals surface area contributed by atoms with E-state index in [-0.39, 0.29) is 5.60 Å². The summed E-state index contributed by atoms with van der Waals surface area (Å²) in [7, 11) is 0. The molecular formula is C16H20ClN3O. The van der Waals surface area contributed by atoms with Gasteiger partial charge in [-0.3, -0.25) is 0 Å². The lowest BCUT2D eigenvalue weighted by Crippen LogP contribution is -2.24. The molecule has 0 saturated heterocycles. The molecule has 0 spiro atoms. The fourth-order valence-corrected chi connectivity index (χ4v) is 1.95. The highest BCUT2D eigenvalue weighted by Gasteiger charge is 2.15. The van der Waals surface area contributed by atoms with E-state index in [2.05, 4.69) is 10.3 Å². The van der Waals surface area contributed by atoms with Gasteiger partial charge in [-0.15, -0.1) is 0 Å². The number of hydrogen-bond acceptors (Lipinski definition) is 4. The van der Waals surface area contributed by atoms with Crippen molar-refractivity contribution in [2.24, 2.45) is 0 Å². The first-order valence-electron chi connectivity index (χ1n) is 6.74. The molecule has 0 atom stereocenters. The van der Waals surface area contributed by atoms with Crippen molar-refractivity contribution < 1.29 is 4.74 Å². The van der Waals surface area contributed by atoms with Gasteiger partial charge in [0, 0.05) is 10.7 Å². The van der Waals surface area contributed by atoms with Gasteiger partial charge in [-0.05, 0) is 57.5 Å². The SMILES string of the molecule is Cc1c(Cl)cccc1Nc1ccc(N)c(OC(C)(C)C)n1. The Balaban J connectivity index is 2.29. The van der Waals surface area contributed by atoms with E-state index in [1.54, 1.807) is 6.07 Å². The van der Waals surface area contributed by atoms with Crippen LogP contribution in [0.3, 0.4) is 0 Å². The number of aromatic nitrogens is 1. The second kappa shape index (κ2) is 5.82. The van der Waals surface area contributed by atoms with Crippen molar-refractivity contribution in [3.05, 3.63) is 40.9 Å². The number of anilines is 3. The number of nitrogens with two attached hydrogens (primary N) is 1. The number of nitrogen functional groups attached to an aromatic ring is 1. The molecule has 112 valence electrons. The minimum atomic E-state index is -0.355. The smallest absolute Gasteiger partial charge is 0.239 e. The fraction of sp³-hybridized carbons (Fsp3) is 0.312. The summed E-state index contributed by atoms with van der Waals surface area (Å²) in [5.41, 5.74) is 7.94. The minimum absolute atomic E-state index is 0.355. The van der Waals surface area contributed by atoms with E-state index in [4.69, 9.17) is 22.1 Å². The molecule has 0 aliphatic heterocycles. The Morgan fingerprint density at radius 2 is 1.90 bits per heavy atom. The van der Waals surface area contributed by atoms with Crippen LogP contribution in [-0.4, -0.2) is 10.6 Å². The van der Waals surface area contributed by atoms with Crippen molar-refractivity contribution in [3.8, 4) is 5.88 Å². The van der Waals surface area contributed by atoms with Crippen molar-refractivity contribution in [1.29, 1.82) is 0 Å². The number of rotatable bonds is 3. The maximum absolute atomic E-state index is 6.12. The van der Waals surface area contributed by atoms with Crippen LogP contribution in [0.4, 0.5) is 17.2 Å². The van der Waals surface area contributed by atoms with Crippen LogP contribution in [0.15, 0.2) is 30.3 Å². The summed E-state index contributed by atoms with van der Waals surface area (Å²) in [6, 6.07) is 9.28. The maximum atomic E-state index is 6.12. The zero-order valence-electron chi connectivity index (χ0n) is 12.7. The minimum Gasteiger partial charge on any atom is -0.470 e. The Labute approximate surface area is 130 Å². The van der Waals surface area contributed by atoms with Gasteiger partial charge in [0.1, 0.15) is 11.4 Å². The number of hydrogen-bond donors (Lipinski definition) is 2. The van der Waals surface area contributed by atoms with E-state index in [0.717, 1.165) is 11.3 Å². The van der Waals surface area contributed by atoms with E-state index < -0.39 is 0 Å². The molecule has 2 rings (SSSR count). The molecule has 21 heavy (non-hydrogen) atoms. The number of benzene rings is 1. The molecular weight excluding hydrogens is 286 g/mol. The van der Waals surface area contributed by atoms with Crippen LogP contribution in [0.2, 0.25) is 5.02 Å². The normalized spacial score (nSPS) is 11.3. The van der Waals surface area contributed by atoms with Gasteiger partial charge < -0.3 is 15.8 Å². The first-order valence-corrected chi connectivity index (χ1v) is 7.12. The van der Waals surface area contributed by atoms with Crippen molar-refractivity contribution in [1.82, 2.24) is 4.98 Å². The number of nitrogens with zero attached hydrogens (tertiary/aromatic N) is 1. The van der Waals surface area contributed by atoms with Crippen LogP contribution < -0.4 is 15.8 Å². The van der Waals surface area contributed by atoms with Gasteiger partial charge in [0.2, 0.25) is 5.88 Å². The zero-order valence-corrected chi connectivity index (χ0v) is 13.5. The van der Waals surface area contributed by atoms with E-state index in [9.17, 15) is 0 Å². The third kappa shape index (κ3) is 4.02. The average molecular weight is 306 g/mol. The zero-order chi connectivity index (χ0) is 15.6. The van der Waals surface area contributed by atoms with Crippen LogP contribution in [0.25, 0.3) is 0 Å². The topological polar surface area (TPSA) is 60.2 Å². The maximum Gasteiger partial charge on any atom is 0.239 e. The van der Waals surface area contributed by atoms with Crippen LogP contribution in [0.5, 0.6) is 5.88 Å². The molecule has 2 aromatic rings. The number of nitrogens with one attached hydrogen (secondary N) is 1. The van der Waals surface area contributed by atoms with E-state index in [1.165, 1.54) is 0 Å². The van der Waals surface area contributed by atoms with E-state index in [0.29, 0.717) is 22.4 Å². The molecule has 0 fully saturated rings. The largest absolute Gasteiger partial charge is 0.470 e. The summed E-state index contributed by atoms with van der Waals surface area (Å²) >= 11 is 6.12. The standard InChI is InChI=1S/C16H20ClN3O/c1-10-11(17)6-5-7-13(10)19-14-9-8-12(18)15(20-14)21-16(2,3)4/h5-9H,18H2,1-4H3,(H,19,20). The Morgan fingerprint density at radius 1 is 1.19 bits per heavy atom. The lowest BCUT2D eigenvalue weighted by atomic mass is 10.2. The molecule has 3 N–H and O–H groups in total. The molecule has 0 unspecified atom stereocenters. The fourth-order valence-electron chi connectivity index (χ4n) is 1.77. The van der Waals surface area contributed by atoms with Gasteiger partial charge >= 0.3 is 0 Å². The Kier molecular flexibility index (Phi) is 4.28. The average Bonchev–Trinajstić information content (AvgIpc) is 2.37. The third-order valence-corrected chi connectivity index (χ3v) is 3.23. The quantitative estimate of drug-likeness (QED) is 0.873. The molecule has 5 heteroatoms. The molecule has 0 saturated carbocycles. The summed E-state index contributed by atoms with van der Waals surface area (Å²) in [5, 5.41) is 3.95. The first-order chi connectivity index (χ1) is 9.76. The summed E-state index contributed by atoms with van der Waals surface area (Å²) in [6.45, 7) is 7.81. The van der Waals surface area contributed by atoms with Crippen LogP contribution in [-0.2, 0) is 0 Å². The summed E-state index contributed by atoms with van der Waals surface area (Å²) < 4.78 is 5.76. The highest BCUT2D eigenvalue weighted by molar-refractivity contribution is 6.31. The van der Waals surface area contributed by atoms with Crippen LogP contribution in [0.1, 0.15) is 26.3 Å². The molecule has 0 radical (unpaired) electrons. The molecule has 0 amide bonds. The molecule has 0 aliphatic rings. The van der Waals surface area contributed by atoms with Crippen molar-refractivity contribution in [2.75, 3.05) is 11.1 Å². The molecule has 1 aromatic heterocycles. The number of pyridine rings is 1. The number of ether oxygens (including phenoxy) is 1. The van der Waals surface area contributed by atoms with Gasteiger partial charge in [-0.2, -0.15) is 4.98 Å². The van der Waals surface area contributed by atoms with Gasteiger partial charge in [0.15, 0.2) is 0 Å². The summed E-state index contributed by atoms with van der Waals surface area (Å²) in [4.78, 5) is 4.42. The highest BCUT2D eigenvalue weighted by atomic mass is 35.5. The monoisotopic (exact) mass is 305 g/mol. The number of halogens is 1. The van der Waals surface area contributed by atoms with Crippen LogP contribution in [0, 0.1) is 6.92 Å². The first kappa shape index (κ1) is 15.4. The van der Waals surface area contributed by atoms with Crippen molar-refractivity contribution in [2.45, 2.75) is 33.3 Å². The second-order valence-corrected chi connectivity index (χ2v) is 6.25. The van der Waals surface area contributed by atoms with Crippen molar-refractivity contribution in [3.63, 3.8) is 0 Å². The van der Waals surface area contributed by atoms with Gasteiger partial charge in [0.25, 0.3) is 0 Å². The van der Waals surface area contributed by atoms with Crippen molar-refractivity contribution >= 4 is 28.8 Å². The van der Waals surface area contributed by atoms with E-state index in [1.807, 2.05) is 52.0 Å². The molecule has 1 aromatic carbocycles.